The van der Waals surface area contributed by atoms with Gasteiger partial charge >= 0.3 is 5.97 Å². The van der Waals surface area contributed by atoms with Crippen LogP contribution >= 0.6 is 11.6 Å². The maximum atomic E-state index is 13.1. The fourth-order valence-corrected chi connectivity index (χ4v) is 4.58. The predicted molar refractivity (Wildman–Crippen MR) is 139 cm³/mol. The number of fused-ring (bicyclic) bond motifs is 1. The number of carbonyl (C=O) groups is 3. The molecule has 1 heterocycles. The molecular formula is C29H25ClN2O5. The number of pyridine rings is 1. The van der Waals surface area contributed by atoms with Crippen LogP contribution in [0.3, 0.4) is 0 Å². The SMILES string of the molecule is CC(C)(C)OC(=O)c1ccc(CC(=O)Cn2c3c(c(-c4cc(Cl)ccc4C#N)cc2=O)C(=O)CC3)cc1. The van der Waals surface area contributed by atoms with Crippen molar-refractivity contribution in [1.82, 2.24) is 4.57 Å². The van der Waals surface area contributed by atoms with E-state index in [1.54, 1.807) is 63.2 Å². The zero-order valence-electron chi connectivity index (χ0n) is 20.8. The van der Waals surface area contributed by atoms with Gasteiger partial charge in [0.05, 0.1) is 23.7 Å². The lowest BCUT2D eigenvalue weighted by Crippen LogP contribution is -2.28. The molecule has 0 amide bonds. The van der Waals surface area contributed by atoms with Crippen molar-refractivity contribution in [3.63, 3.8) is 0 Å². The van der Waals surface area contributed by atoms with E-state index in [4.69, 9.17) is 16.3 Å². The van der Waals surface area contributed by atoms with Crippen molar-refractivity contribution >= 4 is 29.1 Å². The summed E-state index contributed by atoms with van der Waals surface area (Å²) in [5.41, 5.74) is 1.96. The molecule has 0 saturated carbocycles. The highest BCUT2D eigenvalue weighted by atomic mass is 35.5. The molecule has 0 aliphatic heterocycles. The van der Waals surface area contributed by atoms with Crippen molar-refractivity contribution < 1.29 is 19.1 Å². The zero-order valence-corrected chi connectivity index (χ0v) is 21.5. The van der Waals surface area contributed by atoms with Crippen molar-refractivity contribution in [3.8, 4) is 17.2 Å². The Morgan fingerprint density at radius 2 is 1.73 bits per heavy atom. The molecule has 7 nitrogen and oxygen atoms in total. The van der Waals surface area contributed by atoms with Gasteiger partial charge < -0.3 is 9.30 Å². The standard InChI is InChI=1S/C29H25ClN2O5/c1-29(2,3)37-28(36)18-6-4-17(5-7-18)12-21(33)16-32-24-10-11-25(34)27(24)23(14-26(32)35)22-13-20(30)9-8-19(22)15-31/h4-9,13-14H,10-12,16H2,1-3H3. The number of ether oxygens (including phenoxy) is 1. The maximum Gasteiger partial charge on any atom is 0.338 e. The molecule has 0 saturated heterocycles. The highest BCUT2D eigenvalue weighted by Gasteiger charge is 2.29. The van der Waals surface area contributed by atoms with Gasteiger partial charge in [0, 0.05) is 46.3 Å². The molecule has 2 aromatic carbocycles. The van der Waals surface area contributed by atoms with E-state index in [-0.39, 0.29) is 31.0 Å². The number of nitriles is 1. The van der Waals surface area contributed by atoms with Crippen LogP contribution in [0, 0.1) is 11.3 Å². The lowest BCUT2D eigenvalue weighted by atomic mass is 9.95. The molecule has 1 aliphatic rings. The first-order valence-electron chi connectivity index (χ1n) is 11.8. The first-order valence-corrected chi connectivity index (χ1v) is 12.2. The van der Waals surface area contributed by atoms with Crippen LogP contribution in [-0.2, 0) is 28.9 Å². The molecule has 188 valence electrons. The van der Waals surface area contributed by atoms with Gasteiger partial charge in [-0.2, -0.15) is 5.26 Å². The zero-order chi connectivity index (χ0) is 26.9. The van der Waals surface area contributed by atoms with Crippen molar-refractivity contribution in [2.45, 2.75) is 52.2 Å². The molecule has 1 aliphatic carbocycles. The summed E-state index contributed by atoms with van der Waals surface area (Å²) in [6.45, 7) is 5.17. The van der Waals surface area contributed by atoms with Gasteiger partial charge in [-0.3, -0.25) is 14.4 Å². The first kappa shape index (κ1) is 26.1. The Kier molecular flexibility index (Phi) is 7.15. The molecule has 8 heteroatoms. The summed E-state index contributed by atoms with van der Waals surface area (Å²) >= 11 is 6.14. The topological polar surface area (TPSA) is 106 Å². The van der Waals surface area contributed by atoms with Crippen LogP contribution in [0.2, 0.25) is 5.02 Å². The number of nitrogens with zero attached hydrogens (tertiary/aromatic N) is 2. The summed E-state index contributed by atoms with van der Waals surface area (Å²) < 4.78 is 6.70. The molecular weight excluding hydrogens is 492 g/mol. The molecule has 0 atom stereocenters. The Morgan fingerprint density at radius 3 is 2.38 bits per heavy atom. The van der Waals surface area contributed by atoms with Crippen LogP contribution in [0.15, 0.2) is 53.3 Å². The number of halogens is 1. The second-order valence-corrected chi connectivity index (χ2v) is 10.4. The van der Waals surface area contributed by atoms with Gasteiger partial charge in [-0.05, 0) is 63.1 Å². The minimum Gasteiger partial charge on any atom is -0.456 e. The van der Waals surface area contributed by atoms with Gasteiger partial charge in [-0.15, -0.1) is 0 Å². The molecule has 0 radical (unpaired) electrons. The van der Waals surface area contributed by atoms with Crippen LogP contribution in [0.1, 0.15) is 64.7 Å². The van der Waals surface area contributed by atoms with E-state index in [1.165, 1.54) is 10.6 Å². The van der Waals surface area contributed by atoms with Gasteiger partial charge in [0.2, 0.25) is 0 Å². The van der Waals surface area contributed by atoms with E-state index in [0.717, 1.165) is 0 Å². The van der Waals surface area contributed by atoms with Crippen molar-refractivity contribution in [3.05, 3.63) is 91.9 Å². The normalized spacial score (nSPS) is 12.7. The average Bonchev–Trinajstić information content (AvgIpc) is 3.21. The number of esters is 1. The molecule has 4 rings (SSSR count). The smallest absolute Gasteiger partial charge is 0.338 e. The molecule has 0 spiro atoms. The fraction of sp³-hybridized carbons (Fsp3) is 0.276. The number of carbonyl (C=O) groups excluding carboxylic acids is 3. The first-order chi connectivity index (χ1) is 17.5. The Balaban J connectivity index is 1.60. The van der Waals surface area contributed by atoms with E-state index < -0.39 is 17.1 Å². The number of hydrogen-bond acceptors (Lipinski definition) is 6. The highest BCUT2D eigenvalue weighted by Crippen LogP contribution is 2.34. The van der Waals surface area contributed by atoms with Crippen LogP contribution in [0.25, 0.3) is 11.1 Å². The summed E-state index contributed by atoms with van der Waals surface area (Å²) in [6.07, 6.45) is 0.602. The van der Waals surface area contributed by atoms with E-state index in [0.29, 0.717) is 50.5 Å². The van der Waals surface area contributed by atoms with Crippen LogP contribution in [0.4, 0.5) is 0 Å². The number of ketones is 2. The molecule has 0 unspecified atom stereocenters. The number of aromatic nitrogens is 1. The minimum absolute atomic E-state index is 0.0540. The van der Waals surface area contributed by atoms with Gasteiger partial charge in [-0.1, -0.05) is 23.7 Å². The number of hydrogen-bond donors (Lipinski definition) is 0. The van der Waals surface area contributed by atoms with Crippen molar-refractivity contribution in [2.24, 2.45) is 0 Å². The minimum atomic E-state index is -0.612. The molecule has 37 heavy (non-hydrogen) atoms. The Hall–Kier alpha value is -4.02. The van der Waals surface area contributed by atoms with E-state index in [9.17, 15) is 24.4 Å². The van der Waals surface area contributed by atoms with E-state index >= 15 is 0 Å². The third-order valence-electron chi connectivity index (χ3n) is 6.00. The van der Waals surface area contributed by atoms with Gasteiger partial charge in [0.15, 0.2) is 11.6 Å². The van der Waals surface area contributed by atoms with E-state index in [1.807, 2.05) is 0 Å². The molecule has 0 bridgehead atoms. The quantitative estimate of drug-likeness (QED) is 0.430. The highest BCUT2D eigenvalue weighted by molar-refractivity contribution is 6.31. The van der Waals surface area contributed by atoms with Crippen LogP contribution in [0.5, 0.6) is 0 Å². The second kappa shape index (κ2) is 10.2. The Bertz CT molecular complexity index is 1520. The lowest BCUT2D eigenvalue weighted by Gasteiger charge is -2.19. The Labute approximate surface area is 219 Å². The van der Waals surface area contributed by atoms with Gasteiger partial charge in [0.1, 0.15) is 5.60 Å². The summed E-state index contributed by atoms with van der Waals surface area (Å²) in [4.78, 5) is 51.1. The molecule has 0 fully saturated rings. The monoisotopic (exact) mass is 516 g/mol. The second-order valence-electron chi connectivity index (χ2n) is 9.94. The Morgan fingerprint density at radius 1 is 1.03 bits per heavy atom. The van der Waals surface area contributed by atoms with E-state index in [2.05, 4.69) is 6.07 Å². The summed E-state index contributed by atoms with van der Waals surface area (Å²) in [6, 6.07) is 14.6. The summed E-state index contributed by atoms with van der Waals surface area (Å²) in [7, 11) is 0. The van der Waals surface area contributed by atoms with Crippen molar-refractivity contribution in [1.29, 1.82) is 5.26 Å². The lowest BCUT2D eigenvalue weighted by molar-refractivity contribution is -0.119. The van der Waals surface area contributed by atoms with Gasteiger partial charge in [0.25, 0.3) is 5.56 Å². The van der Waals surface area contributed by atoms with Crippen LogP contribution < -0.4 is 5.56 Å². The molecule has 3 aromatic rings. The predicted octanol–water partition coefficient (Wildman–Crippen LogP) is 4.94. The van der Waals surface area contributed by atoms with Crippen LogP contribution in [-0.4, -0.2) is 27.7 Å². The fourth-order valence-electron chi connectivity index (χ4n) is 4.40. The number of rotatable bonds is 6. The number of Topliss-reactive ketones (excluding diaryl/α,β-unsaturated/α-hetero) is 2. The van der Waals surface area contributed by atoms with Gasteiger partial charge in [-0.25, -0.2) is 4.79 Å². The molecule has 1 aromatic heterocycles. The average molecular weight is 517 g/mol. The molecule has 0 N–H and O–H groups in total. The maximum absolute atomic E-state index is 13.1. The summed E-state index contributed by atoms with van der Waals surface area (Å²) in [5.74, 6) is -0.814. The third kappa shape index (κ3) is 5.71. The van der Waals surface area contributed by atoms with Crippen molar-refractivity contribution in [2.75, 3.05) is 0 Å². The number of benzene rings is 2. The third-order valence-corrected chi connectivity index (χ3v) is 6.24. The summed E-state index contributed by atoms with van der Waals surface area (Å²) in [5, 5.41) is 9.91. The largest absolute Gasteiger partial charge is 0.456 e.